The van der Waals surface area contributed by atoms with Crippen molar-refractivity contribution in [1.29, 1.82) is 5.26 Å². The van der Waals surface area contributed by atoms with E-state index in [1.165, 1.54) is 12.1 Å². The first-order valence-electron chi connectivity index (χ1n) is 9.61. The summed E-state index contributed by atoms with van der Waals surface area (Å²) >= 11 is 0. The highest BCUT2D eigenvalue weighted by Gasteiger charge is 2.43. The highest BCUT2D eigenvalue weighted by Crippen LogP contribution is 2.35. The van der Waals surface area contributed by atoms with Crippen LogP contribution in [0.2, 0.25) is 0 Å². The molecule has 1 aliphatic carbocycles. The Balaban J connectivity index is 1.43. The van der Waals surface area contributed by atoms with Crippen molar-refractivity contribution < 1.29 is 22.4 Å². The zero-order valence-corrected chi connectivity index (χ0v) is 15.8. The van der Waals surface area contributed by atoms with Crippen LogP contribution < -0.4 is 10.6 Å². The number of rotatable bonds is 5. The van der Waals surface area contributed by atoms with Crippen molar-refractivity contribution in [2.45, 2.75) is 50.0 Å². The maximum atomic E-state index is 14.5. The predicted molar refractivity (Wildman–Crippen MR) is 97.8 cm³/mol. The average Bonchev–Trinajstić information content (AvgIpc) is 3.44. The highest BCUT2D eigenvalue weighted by atomic mass is 19.4. The van der Waals surface area contributed by atoms with Crippen LogP contribution in [0.4, 0.5) is 17.6 Å². The molecular formula is C20H19F4N5O. The number of hydrogen-bond donors (Lipinski definition) is 2. The lowest BCUT2D eigenvalue weighted by molar-refractivity contribution is -0.137. The number of nitriles is 1. The van der Waals surface area contributed by atoms with E-state index in [1.54, 1.807) is 0 Å². The zero-order chi connectivity index (χ0) is 21.5. The second-order valence-electron chi connectivity index (χ2n) is 7.76. The van der Waals surface area contributed by atoms with Gasteiger partial charge in [0, 0.05) is 18.7 Å². The smallest absolute Gasteiger partial charge is 0.339 e. The molecule has 1 aromatic carbocycles. The van der Waals surface area contributed by atoms with Gasteiger partial charge < -0.3 is 10.6 Å². The predicted octanol–water partition coefficient (Wildman–Crippen LogP) is 2.72. The van der Waals surface area contributed by atoms with Crippen LogP contribution in [0.5, 0.6) is 0 Å². The molecule has 4 rings (SSSR count). The van der Waals surface area contributed by atoms with E-state index >= 15 is 0 Å². The molecular weight excluding hydrogens is 402 g/mol. The van der Waals surface area contributed by atoms with Crippen LogP contribution in [-0.2, 0) is 17.4 Å². The largest absolute Gasteiger partial charge is 0.419 e. The normalized spacial score (nSPS) is 23.9. The summed E-state index contributed by atoms with van der Waals surface area (Å²) in [6.45, 7) is 0. The Morgan fingerprint density at radius 2 is 2.20 bits per heavy atom. The molecule has 1 aromatic heterocycles. The second-order valence-corrected chi connectivity index (χ2v) is 7.76. The number of nitrogens with one attached hydrogen (secondary N) is 2. The van der Waals surface area contributed by atoms with Gasteiger partial charge in [0.05, 0.1) is 29.6 Å². The van der Waals surface area contributed by atoms with Gasteiger partial charge in [0.15, 0.2) is 0 Å². The molecule has 2 unspecified atom stereocenters. The number of benzene rings is 1. The molecule has 2 bridgehead atoms. The molecule has 2 fully saturated rings. The van der Waals surface area contributed by atoms with Gasteiger partial charge in [-0.25, -0.2) is 9.07 Å². The van der Waals surface area contributed by atoms with Gasteiger partial charge in [-0.05, 0) is 42.9 Å². The molecule has 30 heavy (non-hydrogen) atoms. The average molecular weight is 421 g/mol. The van der Waals surface area contributed by atoms with Crippen molar-refractivity contribution in [3.63, 3.8) is 0 Å². The van der Waals surface area contributed by atoms with Crippen molar-refractivity contribution in [3.05, 3.63) is 47.5 Å². The van der Waals surface area contributed by atoms with E-state index in [-0.39, 0.29) is 35.5 Å². The summed E-state index contributed by atoms with van der Waals surface area (Å²) < 4.78 is 53.6. The van der Waals surface area contributed by atoms with E-state index < -0.39 is 23.6 Å². The first-order chi connectivity index (χ1) is 14.2. The van der Waals surface area contributed by atoms with Gasteiger partial charge in [-0.3, -0.25) is 4.79 Å². The summed E-state index contributed by atoms with van der Waals surface area (Å²) in [5.41, 5.74) is -0.640. The molecule has 0 radical (unpaired) electrons. The monoisotopic (exact) mass is 421 g/mol. The van der Waals surface area contributed by atoms with Crippen molar-refractivity contribution in [3.8, 4) is 11.8 Å². The van der Waals surface area contributed by atoms with Crippen LogP contribution in [-0.4, -0.2) is 33.8 Å². The quantitative estimate of drug-likeness (QED) is 0.728. The Bertz CT molecular complexity index is 996. The molecule has 2 heterocycles. The van der Waals surface area contributed by atoms with Gasteiger partial charge in [-0.15, -0.1) is 0 Å². The minimum absolute atomic E-state index is 0.0535. The number of alkyl halides is 3. The van der Waals surface area contributed by atoms with E-state index in [0.29, 0.717) is 12.2 Å². The number of fused-ring (bicyclic) bond motifs is 2. The van der Waals surface area contributed by atoms with Gasteiger partial charge in [-0.2, -0.15) is 23.5 Å². The summed E-state index contributed by atoms with van der Waals surface area (Å²) in [7, 11) is 0. The number of halogens is 4. The number of carbonyl (C=O) groups is 1. The molecule has 0 spiro atoms. The summed E-state index contributed by atoms with van der Waals surface area (Å²) in [5.74, 6) is -0.688. The maximum absolute atomic E-state index is 14.5. The molecule has 2 N–H and O–H groups in total. The second kappa shape index (κ2) is 7.72. The number of piperidine rings is 1. The molecule has 1 amide bonds. The Labute approximate surface area is 169 Å². The van der Waals surface area contributed by atoms with Crippen LogP contribution in [0.25, 0.3) is 5.69 Å². The number of carbonyl (C=O) groups excluding carboxylic acids is 1. The van der Waals surface area contributed by atoms with E-state index in [1.807, 2.05) is 6.07 Å². The minimum atomic E-state index is -4.54. The summed E-state index contributed by atoms with van der Waals surface area (Å²) in [6.07, 6.45) is -0.174. The zero-order valence-electron chi connectivity index (χ0n) is 15.8. The topological polar surface area (TPSA) is 82.7 Å². The van der Waals surface area contributed by atoms with Crippen molar-refractivity contribution in [2.24, 2.45) is 5.92 Å². The molecule has 158 valence electrons. The summed E-state index contributed by atoms with van der Waals surface area (Å²) in [6, 6.07) is 4.93. The lowest BCUT2D eigenvalue weighted by atomic mass is 9.98. The fraction of sp³-hybridized carbons (Fsp3) is 0.450. The molecule has 6 nitrogen and oxygen atoms in total. The summed E-state index contributed by atoms with van der Waals surface area (Å²) in [5, 5.41) is 18.9. The Morgan fingerprint density at radius 1 is 1.40 bits per heavy atom. The third kappa shape index (κ3) is 4.03. The standard InChI is InChI=1S/C20H19F4N5O/c21-17-7-16(29-10-13(9-26-29)20(22,23)24)4-2-11(17)5-15(8-25)28-19(30)18-12-1-3-14(6-12)27-18/h2,4,7,9-10,12,14-15,18,27H,1,3,5-6H2,(H,28,30)/t12?,14?,15-,18-/m0/s1. The van der Waals surface area contributed by atoms with E-state index in [4.69, 9.17) is 0 Å². The molecule has 2 aromatic rings. The van der Waals surface area contributed by atoms with E-state index in [0.717, 1.165) is 36.2 Å². The third-order valence-corrected chi connectivity index (χ3v) is 5.75. The molecule has 4 atom stereocenters. The van der Waals surface area contributed by atoms with Crippen LogP contribution in [0.15, 0.2) is 30.6 Å². The van der Waals surface area contributed by atoms with Gasteiger partial charge in [0.1, 0.15) is 11.9 Å². The van der Waals surface area contributed by atoms with Gasteiger partial charge >= 0.3 is 6.18 Å². The molecule has 1 saturated carbocycles. The molecule has 1 saturated heterocycles. The van der Waals surface area contributed by atoms with Crippen molar-refractivity contribution >= 4 is 5.91 Å². The SMILES string of the molecule is N#C[C@H](Cc1ccc(-n2cc(C(F)(F)F)cn2)cc1F)NC(=O)[C@H]1NC2CCC1C2. The number of nitrogens with zero attached hydrogens (tertiary/aromatic N) is 3. The van der Waals surface area contributed by atoms with Crippen molar-refractivity contribution in [2.75, 3.05) is 0 Å². The van der Waals surface area contributed by atoms with Crippen LogP contribution in [0.3, 0.4) is 0 Å². The van der Waals surface area contributed by atoms with Crippen LogP contribution >= 0.6 is 0 Å². The lowest BCUT2D eigenvalue weighted by Crippen LogP contribution is -2.50. The lowest BCUT2D eigenvalue weighted by Gasteiger charge is -2.23. The van der Waals surface area contributed by atoms with Gasteiger partial charge in [0.25, 0.3) is 0 Å². The first kappa shape index (κ1) is 20.3. The molecule has 10 heteroatoms. The fourth-order valence-electron chi connectivity index (χ4n) is 4.22. The highest BCUT2D eigenvalue weighted by molar-refractivity contribution is 5.83. The number of aromatic nitrogens is 2. The Morgan fingerprint density at radius 3 is 2.77 bits per heavy atom. The summed E-state index contributed by atoms with van der Waals surface area (Å²) in [4.78, 5) is 12.5. The maximum Gasteiger partial charge on any atom is 0.419 e. The van der Waals surface area contributed by atoms with E-state index in [9.17, 15) is 27.6 Å². The first-order valence-corrected chi connectivity index (χ1v) is 9.61. The minimum Gasteiger partial charge on any atom is -0.339 e. The van der Waals surface area contributed by atoms with E-state index in [2.05, 4.69) is 15.7 Å². The van der Waals surface area contributed by atoms with Crippen molar-refractivity contribution in [1.82, 2.24) is 20.4 Å². The number of hydrogen-bond acceptors (Lipinski definition) is 4. The van der Waals surface area contributed by atoms with Crippen LogP contribution in [0.1, 0.15) is 30.4 Å². The number of amides is 1. The molecule has 2 aliphatic rings. The third-order valence-electron chi connectivity index (χ3n) is 5.75. The Hall–Kier alpha value is -2.93. The van der Waals surface area contributed by atoms with Crippen LogP contribution in [0, 0.1) is 23.1 Å². The Kier molecular flexibility index (Phi) is 5.24. The molecule has 1 aliphatic heterocycles. The fourth-order valence-corrected chi connectivity index (χ4v) is 4.22. The van der Waals surface area contributed by atoms with Gasteiger partial charge in [-0.1, -0.05) is 6.07 Å². The van der Waals surface area contributed by atoms with Gasteiger partial charge in [0.2, 0.25) is 5.91 Å².